The van der Waals surface area contributed by atoms with Crippen molar-refractivity contribution in [3.05, 3.63) is 83.9 Å². The molecule has 3 nitrogen and oxygen atoms in total. The zero-order valence-corrected chi connectivity index (χ0v) is 12.6. The first-order chi connectivity index (χ1) is 11.2. The number of nitriles is 1. The average Bonchev–Trinajstić information content (AvgIpc) is 2.60. The van der Waals surface area contributed by atoms with Crippen LogP contribution < -0.4 is 10.5 Å². The summed E-state index contributed by atoms with van der Waals surface area (Å²) >= 11 is 0. The Morgan fingerprint density at radius 3 is 2.48 bits per heavy atom. The molecule has 0 saturated carbocycles. The van der Waals surface area contributed by atoms with E-state index in [0.29, 0.717) is 17.9 Å². The van der Waals surface area contributed by atoms with Crippen LogP contribution in [0.15, 0.2) is 72.8 Å². The van der Waals surface area contributed by atoms with Gasteiger partial charge in [0.1, 0.15) is 12.4 Å². The molecule has 2 N–H and O–H groups in total. The molecule has 0 radical (unpaired) electrons. The van der Waals surface area contributed by atoms with E-state index < -0.39 is 0 Å². The van der Waals surface area contributed by atoms with Gasteiger partial charge >= 0.3 is 0 Å². The summed E-state index contributed by atoms with van der Waals surface area (Å²) < 4.78 is 5.84. The molecule has 0 heterocycles. The highest BCUT2D eigenvalue weighted by Gasteiger charge is 2.04. The van der Waals surface area contributed by atoms with Gasteiger partial charge in [0.25, 0.3) is 0 Å². The number of anilines is 1. The molecule has 0 aliphatic heterocycles. The van der Waals surface area contributed by atoms with Gasteiger partial charge in [0, 0.05) is 5.69 Å². The van der Waals surface area contributed by atoms with Gasteiger partial charge in [-0.25, -0.2) is 0 Å². The highest BCUT2D eigenvalue weighted by atomic mass is 16.5. The van der Waals surface area contributed by atoms with Crippen LogP contribution in [-0.2, 0) is 6.61 Å². The molecule has 3 rings (SSSR count). The second-order valence-electron chi connectivity index (χ2n) is 5.26. The predicted molar refractivity (Wildman–Crippen MR) is 91.8 cm³/mol. The number of ether oxygens (including phenoxy) is 1. The Morgan fingerprint density at radius 1 is 0.870 bits per heavy atom. The third-order valence-corrected chi connectivity index (χ3v) is 3.50. The molecule has 0 spiro atoms. The van der Waals surface area contributed by atoms with Gasteiger partial charge in [0.15, 0.2) is 0 Å². The Hall–Kier alpha value is -3.25. The fraction of sp³-hybridized carbons (Fsp3) is 0.0500. The number of hydrogen-bond donors (Lipinski definition) is 1. The minimum Gasteiger partial charge on any atom is -0.489 e. The van der Waals surface area contributed by atoms with E-state index in [1.807, 2.05) is 66.7 Å². The molecule has 3 aromatic carbocycles. The lowest BCUT2D eigenvalue weighted by atomic mass is 10.0. The monoisotopic (exact) mass is 300 g/mol. The predicted octanol–water partition coefficient (Wildman–Crippen LogP) is 4.39. The van der Waals surface area contributed by atoms with E-state index in [0.717, 1.165) is 22.4 Å². The summed E-state index contributed by atoms with van der Waals surface area (Å²) in [7, 11) is 0. The molecule has 0 bridgehead atoms. The summed E-state index contributed by atoms with van der Waals surface area (Å²) in [6.45, 7) is 0.519. The topological polar surface area (TPSA) is 59.0 Å². The molecule has 0 unspecified atom stereocenters. The fourth-order valence-corrected chi connectivity index (χ4v) is 2.39. The van der Waals surface area contributed by atoms with Gasteiger partial charge in [-0.2, -0.15) is 5.26 Å². The molecule has 3 aromatic rings. The average molecular weight is 300 g/mol. The summed E-state index contributed by atoms with van der Waals surface area (Å²) in [5.41, 5.74) is 9.99. The zero-order valence-electron chi connectivity index (χ0n) is 12.6. The lowest BCUT2D eigenvalue weighted by molar-refractivity contribution is 0.306. The number of hydrogen-bond acceptors (Lipinski definition) is 3. The quantitative estimate of drug-likeness (QED) is 0.727. The first-order valence-corrected chi connectivity index (χ1v) is 7.32. The van der Waals surface area contributed by atoms with Crippen molar-refractivity contribution in [1.29, 1.82) is 5.26 Å². The maximum absolute atomic E-state index is 9.07. The van der Waals surface area contributed by atoms with Crippen molar-refractivity contribution in [2.75, 3.05) is 5.73 Å². The molecule has 0 saturated heterocycles. The number of benzene rings is 3. The van der Waals surface area contributed by atoms with Crippen LogP contribution in [-0.4, -0.2) is 0 Å². The van der Waals surface area contributed by atoms with Crippen molar-refractivity contribution in [3.63, 3.8) is 0 Å². The van der Waals surface area contributed by atoms with E-state index >= 15 is 0 Å². The van der Waals surface area contributed by atoms with Crippen LogP contribution in [0.4, 0.5) is 5.69 Å². The van der Waals surface area contributed by atoms with Gasteiger partial charge in [0.05, 0.1) is 11.6 Å². The Labute approximate surface area is 135 Å². The van der Waals surface area contributed by atoms with Gasteiger partial charge in [-0.05, 0) is 47.0 Å². The van der Waals surface area contributed by atoms with Gasteiger partial charge in [0.2, 0.25) is 0 Å². The summed E-state index contributed by atoms with van der Waals surface area (Å²) in [6.07, 6.45) is 0. The maximum Gasteiger partial charge on any atom is 0.120 e. The van der Waals surface area contributed by atoms with Gasteiger partial charge in [-0.1, -0.05) is 42.5 Å². The number of rotatable bonds is 4. The van der Waals surface area contributed by atoms with Crippen molar-refractivity contribution in [2.45, 2.75) is 6.61 Å². The lowest BCUT2D eigenvalue weighted by Crippen LogP contribution is -1.95. The van der Waals surface area contributed by atoms with Crippen molar-refractivity contribution < 1.29 is 4.74 Å². The van der Waals surface area contributed by atoms with Gasteiger partial charge in [-0.3, -0.25) is 0 Å². The summed E-state index contributed by atoms with van der Waals surface area (Å²) in [5, 5.41) is 9.07. The van der Waals surface area contributed by atoms with Crippen molar-refractivity contribution in [1.82, 2.24) is 0 Å². The number of nitrogens with two attached hydrogens (primary N) is 1. The van der Waals surface area contributed by atoms with Crippen molar-refractivity contribution in [2.24, 2.45) is 0 Å². The van der Waals surface area contributed by atoms with Crippen LogP contribution in [0.3, 0.4) is 0 Å². The summed E-state index contributed by atoms with van der Waals surface area (Å²) in [6, 6.07) is 25.3. The maximum atomic E-state index is 9.07. The molecule has 3 heteroatoms. The largest absolute Gasteiger partial charge is 0.489 e. The van der Waals surface area contributed by atoms with Crippen LogP contribution in [0.25, 0.3) is 11.1 Å². The highest BCUT2D eigenvalue weighted by Crippen LogP contribution is 2.27. The minimum absolute atomic E-state index is 0.519. The zero-order chi connectivity index (χ0) is 16.1. The summed E-state index contributed by atoms with van der Waals surface area (Å²) in [4.78, 5) is 0. The van der Waals surface area contributed by atoms with Gasteiger partial charge in [-0.15, -0.1) is 0 Å². The third-order valence-electron chi connectivity index (χ3n) is 3.50. The highest BCUT2D eigenvalue weighted by molar-refractivity contribution is 5.70. The second kappa shape index (κ2) is 6.67. The Bertz CT molecular complexity index is 851. The van der Waals surface area contributed by atoms with E-state index in [2.05, 4.69) is 6.07 Å². The molecule has 0 amide bonds. The molecule has 0 fully saturated rings. The van der Waals surface area contributed by atoms with Crippen molar-refractivity contribution in [3.8, 4) is 22.9 Å². The van der Waals surface area contributed by atoms with Crippen LogP contribution in [0, 0.1) is 11.3 Å². The lowest BCUT2D eigenvalue weighted by Gasteiger charge is -2.09. The Balaban J connectivity index is 1.83. The van der Waals surface area contributed by atoms with E-state index in [-0.39, 0.29) is 0 Å². The van der Waals surface area contributed by atoms with E-state index in [1.165, 1.54) is 0 Å². The van der Waals surface area contributed by atoms with Gasteiger partial charge < -0.3 is 10.5 Å². The third kappa shape index (κ3) is 3.69. The molecule has 0 aliphatic carbocycles. The summed E-state index contributed by atoms with van der Waals surface area (Å²) in [5.74, 6) is 0.785. The number of nitrogen functional groups attached to an aromatic ring is 1. The molecule has 0 aliphatic rings. The van der Waals surface area contributed by atoms with E-state index in [9.17, 15) is 0 Å². The molecule has 0 aromatic heterocycles. The normalized spacial score (nSPS) is 10.0. The van der Waals surface area contributed by atoms with Crippen LogP contribution in [0.1, 0.15) is 11.1 Å². The second-order valence-corrected chi connectivity index (χ2v) is 5.26. The SMILES string of the molecule is N#Cc1cc(N)cc(-c2cccc(OCc3ccccc3)c2)c1. The van der Waals surface area contributed by atoms with Crippen LogP contribution in [0.5, 0.6) is 5.75 Å². The molecule has 0 atom stereocenters. The smallest absolute Gasteiger partial charge is 0.120 e. The first kappa shape index (κ1) is 14.7. The standard InChI is InChI=1S/C20H16N2O/c21-13-16-9-18(11-19(22)10-16)17-7-4-8-20(12-17)23-14-15-5-2-1-3-6-15/h1-12H,14,22H2. The first-order valence-electron chi connectivity index (χ1n) is 7.32. The molecule has 23 heavy (non-hydrogen) atoms. The van der Waals surface area contributed by atoms with Crippen LogP contribution >= 0.6 is 0 Å². The Morgan fingerprint density at radius 2 is 1.70 bits per heavy atom. The van der Waals surface area contributed by atoms with Crippen LogP contribution in [0.2, 0.25) is 0 Å². The van der Waals surface area contributed by atoms with E-state index in [4.69, 9.17) is 15.7 Å². The Kier molecular flexibility index (Phi) is 4.26. The minimum atomic E-state index is 0.519. The molecule has 112 valence electrons. The number of nitrogens with zero attached hydrogens (tertiary/aromatic N) is 1. The molecular weight excluding hydrogens is 284 g/mol. The van der Waals surface area contributed by atoms with E-state index in [1.54, 1.807) is 6.07 Å². The fourth-order valence-electron chi connectivity index (χ4n) is 2.39. The van der Waals surface area contributed by atoms with Crippen molar-refractivity contribution >= 4 is 5.69 Å². The molecular formula is C20H16N2O.